The van der Waals surface area contributed by atoms with Crippen LogP contribution in [0.5, 0.6) is 0 Å². The van der Waals surface area contributed by atoms with Gasteiger partial charge in [0.25, 0.3) is 0 Å². The summed E-state index contributed by atoms with van der Waals surface area (Å²) in [5.41, 5.74) is 3.97. The van der Waals surface area contributed by atoms with E-state index in [0.717, 1.165) is 48.0 Å². The van der Waals surface area contributed by atoms with Gasteiger partial charge in [-0.15, -0.1) is 0 Å². The first-order chi connectivity index (χ1) is 13.8. The van der Waals surface area contributed by atoms with Crippen LogP contribution in [0.15, 0.2) is 36.5 Å². The van der Waals surface area contributed by atoms with Gasteiger partial charge in [-0.05, 0) is 56.1 Å². The maximum absolute atomic E-state index is 12.8. The highest BCUT2D eigenvalue weighted by Crippen LogP contribution is 2.56. The van der Waals surface area contributed by atoms with Gasteiger partial charge in [0.05, 0.1) is 0 Å². The number of hydrogen-bond donors (Lipinski definition) is 0. The van der Waals surface area contributed by atoms with E-state index in [1.54, 1.807) is 0 Å². The van der Waals surface area contributed by atoms with Crippen LogP contribution in [0.3, 0.4) is 0 Å². The van der Waals surface area contributed by atoms with Gasteiger partial charge >= 0.3 is 6.18 Å². The lowest BCUT2D eigenvalue weighted by Gasteiger charge is -2.34. The standard InChI is InChI=1S/C22H21ClF3N3/c1-28-10-7-18-20(21(28)8-9-21)16-12-15(23)3-4-17(16)29(18)11-6-14-2-5-19(27-13-14)22(24,25)26/h2-5,12-13H,6-11H2,1H3. The van der Waals surface area contributed by atoms with Gasteiger partial charge in [0.1, 0.15) is 5.69 Å². The molecule has 152 valence electrons. The van der Waals surface area contributed by atoms with E-state index in [2.05, 4.69) is 33.6 Å². The van der Waals surface area contributed by atoms with Gasteiger partial charge in [-0.2, -0.15) is 13.2 Å². The summed E-state index contributed by atoms with van der Waals surface area (Å²) in [5, 5.41) is 1.94. The molecule has 29 heavy (non-hydrogen) atoms. The highest BCUT2D eigenvalue weighted by molar-refractivity contribution is 6.31. The highest BCUT2D eigenvalue weighted by atomic mass is 35.5. The van der Waals surface area contributed by atoms with Gasteiger partial charge in [-0.3, -0.25) is 9.88 Å². The molecule has 0 unspecified atom stereocenters. The Labute approximate surface area is 172 Å². The summed E-state index contributed by atoms with van der Waals surface area (Å²) >= 11 is 6.32. The van der Waals surface area contributed by atoms with E-state index < -0.39 is 11.9 Å². The summed E-state index contributed by atoms with van der Waals surface area (Å²) in [6, 6.07) is 8.63. The molecule has 1 aliphatic carbocycles. The van der Waals surface area contributed by atoms with Crippen molar-refractivity contribution in [2.45, 2.75) is 43.9 Å². The first-order valence-corrected chi connectivity index (χ1v) is 10.2. The molecule has 5 rings (SSSR count). The van der Waals surface area contributed by atoms with Crippen molar-refractivity contribution in [3.8, 4) is 0 Å². The summed E-state index contributed by atoms with van der Waals surface area (Å²) in [6.45, 7) is 1.72. The molecule has 0 bridgehead atoms. The Morgan fingerprint density at radius 3 is 2.62 bits per heavy atom. The smallest absolute Gasteiger partial charge is 0.344 e. The van der Waals surface area contributed by atoms with Crippen LogP contribution in [-0.4, -0.2) is 28.0 Å². The van der Waals surface area contributed by atoms with Gasteiger partial charge in [0.15, 0.2) is 0 Å². The molecule has 0 N–H and O–H groups in total. The second kappa shape index (κ2) is 6.47. The lowest BCUT2D eigenvalue weighted by Crippen LogP contribution is -2.38. The minimum Gasteiger partial charge on any atom is -0.344 e. The number of benzene rings is 1. The zero-order chi connectivity index (χ0) is 20.4. The van der Waals surface area contributed by atoms with Gasteiger partial charge in [0, 0.05) is 58.4 Å². The van der Waals surface area contributed by atoms with E-state index in [-0.39, 0.29) is 5.54 Å². The highest BCUT2D eigenvalue weighted by Gasteiger charge is 2.52. The zero-order valence-corrected chi connectivity index (χ0v) is 16.8. The number of aromatic nitrogens is 2. The molecule has 1 aromatic carbocycles. The summed E-state index contributed by atoms with van der Waals surface area (Å²) < 4.78 is 40.6. The van der Waals surface area contributed by atoms with Gasteiger partial charge in [0.2, 0.25) is 0 Å². The fourth-order valence-corrected chi connectivity index (χ4v) is 5.00. The molecule has 3 heterocycles. The summed E-state index contributed by atoms with van der Waals surface area (Å²) in [6.07, 6.45) is 0.847. The lowest BCUT2D eigenvalue weighted by molar-refractivity contribution is -0.141. The van der Waals surface area contributed by atoms with Crippen LogP contribution in [0.1, 0.15) is 35.4 Å². The monoisotopic (exact) mass is 419 g/mol. The Hall–Kier alpha value is -2.05. The number of aryl methyl sites for hydroxylation is 2. The molecule has 0 radical (unpaired) electrons. The molecule has 0 saturated heterocycles. The van der Waals surface area contributed by atoms with Crippen LogP contribution in [0, 0.1) is 0 Å². The third-order valence-corrected chi connectivity index (χ3v) is 6.71. The molecule has 1 spiro atoms. The first-order valence-electron chi connectivity index (χ1n) is 9.84. The van der Waals surface area contributed by atoms with Crippen LogP contribution in [-0.2, 0) is 31.1 Å². The number of likely N-dealkylation sites (N-methyl/N-ethyl adjacent to an activating group) is 1. The Morgan fingerprint density at radius 2 is 1.97 bits per heavy atom. The van der Waals surface area contributed by atoms with E-state index in [0.29, 0.717) is 13.0 Å². The molecule has 2 aromatic heterocycles. The van der Waals surface area contributed by atoms with Crippen LogP contribution >= 0.6 is 11.6 Å². The van der Waals surface area contributed by atoms with Crippen LogP contribution in [0.2, 0.25) is 5.02 Å². The summed E-state index contributed by atoms with van der Waals surface area (Å²) in [4.78, 5) is 6.05. The minimum absolute atomic E-state index is 0.123. The molecule has 3 aromatic rings. The van der Waals surface area contributed by atoms with Crippen LogP contribution < -0.4 is 0 Å². The van der Waals surface area contributed by atoms with Crippen molar-refractivity contribution >= 4 is 22.5 Å². The van der Waals surface area contributed by atoms with Gasteiger partial charge in [-0.1, -0.05) is 17.7 Å². The van der Waals surface area contributed by atoms with Crippen molar-refractivity contribution in [1.29, 1.82) is 0 Å². The maximum atomic E-state index is 12.8. The Bertz CT molecular complexity index is 1080. The molecule has 1 saturated carbocycles. The number of halogens is 4. The zero-order valence-electron chi connectivity index (χ0n) is 16.1. The molecular weight excluding hydrogens is 399 g/mol. The number of fused-ring (bicyclic) bond motifs is 4. The van der Waals surface area contributed by atoms with Crippen molar-refractivity contribution in [3.63, 3.8) is 0 Å². The third kappa shape index (κ3) is 3.04. The second-order valence-corrected chi connectivity index (χ2v) is 8.57. The molecule has 2 aliphatic rings. The average Bonchev–Trinajstić information content (AvgIpc) is 3.40. The number of pyridine rings is 1. The number of hydrogen-bond acceptors (Lipinski definition) is 2. The van der Waals surface area contributed by atoms with Crippen molar-refractivity contribution in [2.75, 3.05) is 13.6 Å². The van der Waals surface area contributed by atoms with Gasteiger partial charge in [-0.25, -0.2) is 0 Å². The third-order valence-electron chi connectivity index (χ3n) is 6.48. The molecule has 0 amide bonds. The molecule has 1 fully saturated rings. The number of nitrogens with zero attached hydrogens (tertiary/aromatic N) is 3. The van der Waals surface area contributed by atoms with Crippen molar-refractivity contribution < 1.29 is 13.2 Å². The normalized spacial score (nSPS) is 18.4. The lowest BCUT2D eigenvalue weighted by atomic mass is 9.94. The Kier molecular flexibility index (Phi) is 4.23. The first kappa shape index (κ1) is 18.9. The molecule has 7 heteroatoms. The predicted molar refractivity (Wildman–Crippen MR) is 107 cm³/mol. The summed E-state index contributed by atoms with van der Waals surface area (Å²) in [7, 11) is 2.19. The van der Waals surface area contributed by atoms with Crippen molar-refractivity contribution in [2.24, 2.45) is 0 Å². The fourth-order valence-electron chi connectivity index (χ4n) is 4.82. The van der Waals surface area contributed by atoms with Crippen LogP contribution in [0.25, 0.3) is 10.9 Å². The molecule has 1 aliphatic heterocycles. The Balaban J connectivity index is 1.51. The quantitative estimate of drug-likeness (QED) is 0.564. The molecule has 0 atom stereocenters. The number of rotatable bonds is 3. The van der Waals surface area contributed by atoms with Crippen molar-refractivity contribution in [1.82, 2.24) is 14.5 Å². The average molecular weight is 420 g/mol. The number of alkyl halides is 3. The fraction of sp³-hybridized carbons (Fsp3) is 0.409. The van der Waals surface area contributed by atoms with Crippen molar-refractivity contribution in [3.05, 3.63) is 64.1 Å². The second-order valence-electron chi connectivity index (χ2n) is 8.14. The SMILES string of the molecule is CN1CCc2c(c3cc(Cl)ccc3n2CCc2ccc(C(F)(F)F)nc2)C12CC2. The van der Waals surface area contributed by atoms with E-state index >= 15 is 0 Å². The predicted octanol–water partition coefficient (Wildman–Crippen LogP) is 5.43. The largest absolute Gasteiger partial charge is 0.433 e. The van der Waals surface area contributed by atoms with E-state index in [9.17, 15) is 13.2 Å². The topological polar surface area (TPSA) is 21.1 Å². The van der Waals surface area contributed by atoms with E-state index in [4.69, 9.17) is 11.6 Å². The van der Waals surface area contributed by atoms with E-state index in [1.807, 2.05) is 6.07 Å². The molecule has 3 nitrogen and oxygen atoms in total. The summed E-state index contributed by atoms with van der Waals surface area (Å²) in [5.74, 6) is 0. The van der Waals surface area contributed by atoms with Crippen LogP contribution in [0.4, 0.5) is 13.2 Å². The Morgan fingerprint density at radius 1 is 1.17 bits per heavy atom. The molecular formula is C22H21ClF3N3. The maximum Gasteiger partial charge on any atom is 0.433 e. The van der Waals surface area contributed by atoms with E-state index in [1.165, 1.54) is 28.9 Å². The minimum atomic E-state index is -4.40. The van der Waals surface area contributed by atoms with Gasteiger partial charge < -0.3 is 4.57 Å².